The van der Waals surface area contributed by atoms with Crippen LogP contribution in [0, 0.1) is 16.6 Å². The molecule has 0 aromatic heterocycles. The number of piperidine rings is 1. The zero-order valence-corrected chi connectivity index (χ0v) is 21.0. The standard InChI is InChI=1S/C18H20I3NO4/c1-18(2,11-5-7-22-8-6-11)26-16(24)4-3-15(23)25-14-10-12(19)9-13(20)17(14)21/h3-4,9-11,22H,5-8H2,1-2H3/b4-3-. The maximum atomic E-state index is 12.1. The highest BCUT2D eigenvalue weighted by atomic mass is 127. The Labute approximate surface area is 194 Å². The van der Waals surface area contributed by atoms with Crippen LogP contribution in [0.15, 0.2) is 24.3 Å². The molecule has 142 valence electrons. The first-order chi connectivity index (χ1) is 12.2. The first-order valence-corrected chi connectivity index (χ1v) is 11.4. The van der Waals surface area contributed by atoms with Crippen LogP contribution in [0.2, 0.25) is 0 Å². The Morgan fingerprint density at radius 2 is 1.73 bits per heavy atom. The van der Waals surface area contributed by atoms with Crippen molar-refractivity contribution in [1.82, 2.24) is 5.32 Å². The monoisotopic (exact) mass is 695 g/mol. The van der Waals surface area contributed by atoms with Crippen molar-refractivity contribution in [1.29, 1.82) is 0 Å². The fourth-order valence-corrected chi connectivity index (χ4v) is 4.99. The molecule has 1 saturated heterocycles. The van der Waals surface area contributed by atoms with Crippen LogP contribution in [0.4, 0.5) is 0 Å². The van der Waals surface area contributed by atoms with Crippen LogP contribution < -0.4 is 10.1 Å². The minimum absolute atomic E-state index is 0.308. The van der Waals surface area contributed by atoms with Crippen LogP contribution in [-0.4, -0.2) is 30.6 Å². The quantitative estimate of drug-likeness (QED) is 0.164. The molecule has 1 fully saturated rings. The number of carbonyl (C=O) groups is 2. The lowest BCUT2D eigenvalue weighted by Gasteiger charge is -2.36. The number of benzene rings is 1. The van der Waals surface area contributed by atoms with Crippen LogP contribution in [0.1, 0.15) is 26.7 Å². The molecule has 0 aliphatic carbocycles. The summed E-state index contributed by atoms with van der Waals surface area (Å²) in [5.74, 6) is -0.335. The third kappa shape index (κ3) is 6.59. The van der Waals surface area contributed by atoms with Gasteiger partial charge in [0.25, 0.3) is 0 Å². The smallest absolute Gasteiger partial charge is 0.336 e. The van der Waals surface area contributed by atoms with Crippen molar-refractivity contribution in [3.8, 4) is 5.75 Å². The van der Waals surface area contributed by atoms with Gasteiger partial charge >= 0.3 is 11.9 Å². The number of hydrogen-bond acceptors (Lipinski definition) is 5. The van der Waals surface area contributed by atoms with Gasteiger partial charge < -0.3 is 14.8 Å². The number of carbonyl (C=O) groups excluding carboxylic acids is 2. The molecule has 1 aromatic rings. The largest absolute Gasteiger partial charge is 0.456 e. The molecule has 5 nitrogen and oxygen atoms in total. The lowest BCUT2D eigenvalue weighted by molar-refractivity contribution is -0.156. The van der Waals surface area contributed by atoms with E-state index in [9.17, 15) is 9.59 Å². The van der Waals surface area contributed by atoms with Crippen LogP contribution in [0.3, 0.4) is 0 Å². The summed E-state index contributed by atoms with van der Waals surface area (Å²) in [6.45, 7) is 5.70. The summed E-state index contributed by atoms with van der Waals surface area (Å²) < 4.78 is 13.8. The maximum Gasteiger partial charge on any atom is 0.336 e. The van der Waals surface area contributed by atoms with E-state index in [4.69, 9.17) is 9.47 Å². The molecule has 26 heavy (non-hydrogen) atoms. The first-order valence-electron chi connectivity index (χ1n) is 8.17. The number of halogens is 3. The van der Waals surface area contributed by atoms with Gasteiger partial charge in [-0.2, -0.15) is 0 Å². The van der Waals surface area contributed by atoms with E-state index in [-0.39, 0.29) is 0 Å². The molecule has 1 N–H and O–H groups in total. The van der Waals surface area contributed by atoms with Crippen molar-refractivity contribution >= 4 is 79.7 Å². The number of ether oxygens (including phenoxy) is 2. The van der Waals surface area contributed by atoms with Gasteiger partial charge in [-0.15, -0.1) is 0 Å². The summed E-state index contributed by atoms with van der Waals surface area (Å²) in [7, 11) is 0. The van der Waals surface area contributed by atoms with Crippen molar-refractivity contribution in [3.05, 3.63) is 35.0 Å². The highest BCUT2D eigenvalue weighted by molar-refractivity contribution is 14.1. The van der Waals surface area contributed by atoms with Gasteiger partial charge in [-0.05, 0) is 120 Å². The topological polar surface area (TPSA) is 64.6 Å². The van der Waals surface area contributed by atoms with E-state index in [1.54, 1.807) is 6.07 Å². The second kappa shape index (κ2) is 10.0. The summed E-state index contributed by atoms with van der Waals surface area (Å²) in [5.41, 5.74) is -0.561. The molecule has 0 bridgehead atoms. The van der Waals surface area contributed by atoms with Crippen molar-refractivity contribution in [3.63, 3.8) is 0 Å². The molecule has 0 amide bonds. The fourth-order valence-electron chi connectivity index (χ4n) is 2.78. The number of nitrogens with one attached hydrogen (secondary N) is 1. The van der Waals surface area contributed by atoms with Crippen molar-refractivity contribution in [2.45, 2.75) is 32.3 Å². The van der Waals surface area contributed by atoms with E-state index in [1.165, 1.54) is 0 Å². The molecule has 1 aromatic carbocycles. The SMILES string of the molecule is CC(C)(OC(=O)/C=C\C(=O)Oc1cc(I)cc(I)c1I)C1CCNCC1. The lowest BCUT2D eigenvalue weighted by atomic mass is 9.83. The van der Waals surface area contributed by atoms with Gasteiger partial charge in [0, 0.05) is 25.2 Å². The summed E-state index contributed by atoms with van der Waals surface area (Å²) >= 11 is 6.49. The molecule has 0 saturated carbocycles. The minimum atomic E-state index is -0.600. The van der Waals surface area contributed by atoms with E-state index >= 15 is 0 Å². The molecule has 0 atom stereocenters. The number of rotatable bonds is 5. The Morgan fingerprint density at radius 1 is 1.12 bits per heavy atom. The third-order valence-corrected chi connectivity index (χ3v) is 7.83. The van der Waals surface area contributed by atoms with Gasteiger partial charge in [-0.1, -0.05) is 0 Å². The van der Waals surface area contributed by atoms with Gasteiger partial charge in [0.2, 0.25) is 0 Å². The Hall–Kier alpha value is 0.0500. The summed E-state index contributed by atoms with van der Waals surface area (Å²) in [6, 6.07) is 3.78. The lowest BCUT2D eigenvalue weighted by Crippen LogP contribution is -2.42. The van der Waals surface area contributed by atoms with E-state index in [1.807, 2.05) is 19.9 Å². The fraction of sp³-hybridized carbons (Fsp3) is 0.444. The molecule has 1 aliphatic heterocycles. The van der Waals surface area contributed by atoms with Crippen LogP contribution >= 0.6 is 67.8 Å². The van der Waals surface area contributed by atoms with Gasteiger partial charge in [0.05, 0.1) is 3.57 Å². The van der Waals surface area contributed by atoms with Crippen LogP contribution in [0.25, 0.3) is 0 Å². The molecular formula is C18H20I3NO4. The van der Waals surface area contributed by atoms with Crippen molar-refractivity contribution < 1.29 is 19.1 Å². The molecule has 8 heteroatoms. The van der Waals surface area contributed by atoms with Crippen molar-refractivity contribution in [2.24, 2.45) is 5.92 Å². The van der Waals surface area contributed by atoms with E-state index < -0.39 is 17.5 Å². The van der Waals surface area contributed by atoms with E-state index in [0.717, 1.165) is 48.8 Å². The maximum absolute atomic E-state index is 12.1. The summed E-state index contributed by atoms with van der Waals surface area (Å²) in [5, 5.41) is 3.30. The van der Waals surface area contributed by atoms with E-state index in [2.05, 4.69) is 73.1 Å². The molecule has 0 spiro atoms. The number of hydrogen-bond donors (Lipinski definition) is 1. The van der Waals surface area contributed by atoms with Gasteiger partial charge in [-0.25, -0.2) is 9.59 Å². The van der Waals surface area contributed by atoms with E-state index in [0.29, 0.717) is 11.7 Å². The highest BCUT2D eigenvalue weighted by Gasteiger charge is 2.33. The highest BCUT2D eigenvalue weighted by Crippen LogP contribution is 2.30. The predicted octanol–water partition coefficient (Wildman–Crippen LogP) is 4.28. The van der Waals surface area contributed by atoms with Gasteiger partial charge in [0.1, 0.15) is 11.4 Å². The van der Waals surface area contributed by atoms with Crippen LogP contribution in [-0.2, 0) is 14.3 Å². The van der Waals surface area contributed by atoms with Crippen LogP contribution in [0.5, 0.6) is 5.75 Å². The Balaban J connectivity index is 1.94. The first kappa shape index (κ1) is 22.3. The third-order valence-electron chi connectivity index (χ3n) is 4.21. The summed E-state index contributed by atoms with van der Waals surface area (Å²) in [4.78, 5) is 24.1. The second-order valence-electron chi connectivity index (χ2n) is 6.50. The molecule has 0 unspecified atom stereocenters. The minimum Gasteiger partial charge on any atom is -0.456 e. The van der Waals surface area contributed by atoms with Crippen molar-refractivity contribution in [2.75, 3.05) is 13.1 Å². The molecule has 1 heterocycles. The zero-order chi connectivity index (χ0) is 19.3. The zero-order valence-electron chi connectivity index (χ0n) is 14.5. The van der Waals surface area contributed by atoms with Gasteiger partial charge in [-0.3, -0.25) is 0 Å². The second-order valence-corrected chi connectivity index (χ2v) is 9.99. The Bertz CT molecular complexity index is 713. The average Bonchev–Trinajstić information content (AvgIpc) is 2.58. The Morgan fingerprint density at radius 3 is 2.38 bits per heavy atom. The van der Waals surface area contributed by atoms with Gasteiger partial charge in [0.15, 0.2) is 0 Å². The molecule has 0 radical (unpaired) electrons. The predicted molar refractivity (Wildman–Crippen MR) is 125 cm³/mol. The molecule has 2 rings (SSSR count). The molecular weight excluding hydrogens is 675 g/mol. The Kier molecular flexibility index (Phi) is 8.60. The normalized spacial score (nSPS) is 15.9. The number of esters is 2. The average molecular weight is 695 g/mol. The summed E-state index contributed by atoms with van der Waals surface area (Å²) in [6.07, 6.45) is 4.19. The molecule has 1 aliphatic rings.